The van der Waals surface area contributed by atoms with E-state index in [2.05, 4.69) is 42.5 Å². The van der Waals surface area contributed by atoms with Gasteiger partial charge in [-0.15, -0.1) is 0 Å². The molecule has 1 aliphatic carbocycles. The first-order valence-corrected chi connectivity index (χ1v) is 7.00. The molecule has 1 heterocycles. The number of phenolic OH excluding ortho intramolecular Hbond substituents is 1. The lowest BCUT2D eigenvalue weighted by Crippen LogP contribution is -2.13. The van der Waals surface area contributed by atoms with Crippen LogP contribution in [0.3, 0.4) is 0 Å². The Kier molecular flexibility index (Phi) is 2.93. The number of benzene rings is 1. The molecule has 3 heteroatoms. The van der Waals surface area contributed by atoms with Gasteiger partial charge in [-0.05, 0) is 53.2 Å². The number of aromatic nitrogens is 2. The lowest BCUT2D eigenvalue weighted by Gasteiger charge is -2.24. The highest BCUT2D eigenvalue weighted by molar-refractivity contribution is 5.76. The van der Waals surface area contributed by atoms with Crippen molar-refractivity contribution < 1.29 is 5.11 Å². The lowest BCUT2D eigenvalue weighted by atomic mass is 9.82. The van der Waals surface area contributed by atoms with Gasteiger partial charge in [0, 0.05) is 18.1 Å². The summed E-state index contributed by atoms with van der Waals surface area (Å²) in [7, 11) is 0. The van der Waals surface area contributed by atoms with E-state index in [9.17, 15) is 5.11 Å². The highest BCUT2D eigenvalue weighted by atomic mass is 16.3. The molecule has 3 nitrogen and oxygen atoms in total. The highest BCUT2D eigenvalue weighted by Gasteiger charge is 2.21. The molecule has 0 amide bonds. The summed E-state index contributed by atoms with van der Waals surface area (Å²) in [4.78, 5) is 4.11. The molecule has 0 fully saturated rings. The number of aromatic hydroxyl groups is 1. The molecule has 0 saturated carbocycles. The number of hydrogen-bond acceptors (Lipinski definition) is 2. The second-order valence-electron chi connectivity index (χ2n) is 6.42. The molecule has 0 bridgehead atoms. The van der Waals surface area contributed by atoms with Gasteiger partial charge in [0.05, 0.1) is 6.33 Å². The van der Waals surface area contributed by atoms with Crippen LogP contribution in [0.4, 0.5) is 0 Å². The number of allylic oxidation sites excluding steroid dienone is 1. The van der Waals surface area contributed by atoms with Gasteiger partial charge >= 0.3 is 0 Å². The average molecular weight is 268 g/mol. The van der Waals surface area contributed by atoms with Gasteiger partial charge in [-0.2, -0.15) is 0 Å². The maximum absolute atomic E-state index is 10.2. The van der Waals surface area contributed by atoms with Crippen molar-refractivity contribution in [3.8, 4) is 5.75 Å². The SMILES string of the molecule is CC(C)(C)c1cc2c(cc1O)CCC(n1ccnc1)=C2. The lowest BCUT2D eigenvalue weighted by molar-refractivity contribution is 0.446. The van der Waals surface area contributed by atoms with Crippen molar-refractivity contribution in [3.63, 3.8) is 0 Å². The summed E-state index contributed by atoms with van der Waals surface area (Å²) in [5.74, 6) is 0.413. The van der Waals surface area contributed by atoms with Gasteiger partial charge in [-0.3, -0.25) is 0 Å². The zero-order valence-electron chi connectivity index (χ0n) is 12.2. The predicted molar refractivity (Wildman–Crippen MR) is 81.5 cm³/mol. The Hall–Kier alpha value is -2.03. The zero-order valence-corrected chi connectivity index (χ0v) is 12.2. The third kappa shape index (κ3) is 2.24. The largest absolute Gasteiger partial charge is 0.508 e. The van der Waals surface area contributed by atoms with E-state index in [1.807, 2.05) is 18.6 Å². The summed E-state index contributed by atoms with van der Waals surface area (Å²) in [6, 6.07) is 4.05. The third-order valence-corrected chi connectivity index (χ3v) is 3.87. The van der Waals surface area contributed by atoms with Gasteiger partial charge in [-0.1, -0.05) is 20.8 Å². The van der Waals surface area contributed by atoms with Crippen molar-refractivity contribution in [2.45, 2.75) is 39.0 Å². The topological polar surface area (TPSA) is 38.0 Å². The van der Waals surface area contributed by atoms with Gasteiger partial charge in [0.1, 0.15) is 5.75 Å². The van der Waals surface area contributed by atoms with Crippen molar-refractivity contribution in [1.82, 2.24) is 9.55 Å². The van der Waals surface area contributed by atoms with E-state index in [4.69, 9.17) is 0 Å². The summed E-state index contributed by atoms with van der Waals surface area (Å²) in [5.41, 5.74) is 4.63. The van der Waals surface area contributed by atoms with Crippen LogP contribution < -0.4 is 0 Å². The minimum Gasteiger partial charge on any atom is -0.508 e. The molecule has 3 rings (SSSR count). The quantitative estimate of drug-likeness (QED) is 0.853. The van der Waals surface area contributed by atoms with E-state index in [1.54, 1.807) is 6.20 Å². The van der Waals surface area contributed by atoms with E-state index in [-0.39, 0.29) is 5.41 Å². The van der Waals surface area contributed by atoms with Crippen LogP contribution in [0.1, 0.15) is 43.9 Å². The number of rotatable bonds is 1. The second-order valence-corrected chi connectivity index (χ2v) is 6.42. The van der Waals surface area contributed by atoms with E-state index in [1.165, 1.54) is 16.8 Å². The molecule has 20 heavy (non-hydrogen) atoms. The van der Waals surface area contributed by atoms with Crippen molar-refractivity contribution in [2.75, 3.05) is 0 Å². The smallest absolute Gasteiger partial charge is 0.119 e. The van der Waals surface area contributed by atoms with Gasteiger partial charge in [-0.25, -0.2) is 4.98 Å². The molecule has 1 aromatic heterocycles. The second kappa shape index (κ2) is 4.51. The number of aryl methyl sites for hydroxylation is 1. The Morgan fingerprint density at radius 1 is 1.20 bits per heavy atom. The molecule has 104 valence electrons. The molecule has 0 atom stereocenters. The van der Waals surface area contributed by atoms with Crippen LogP contribution >= 0.6 is 0 Å². The van der Waals surface area contributed by atoms with Crippen molar-refractivity contribution >= 4 is 11.8 Å². The van der Waals surface area contributed by atoms with Gasteiger partial charge in [0.25, 0.3) is 0 Å². The maximum Gasteiger partial charge on any atom is 0.119 e. The van der Waals surface area contributed by atoms with E-state index >= 15 is 0 Å². The van der Waals surface area contributed by atoms with Crippen LogP contribution in [0.5, 0.6) is 5.75 Å². The van der Waals surface area contributed by atoms with Crippen LogP contribution in [-0.2, 0) is 11.8 Å². The summed E-state index contributed by atoms with van der Waals surface area (Å²) in [5, 5.41) is 10.2. The Balaban J connectivity index is 2.09. The van der Waals surface area contributed by atoms with E-state index < -0.39 is 0 Å². The number of imidazole rings is 1. The Morgan fingerprint density at radius 3 is 2.65 bits per heavy atom. The fourth-order valence-electron chi connectivity index (χ4n) is 2.75. The number of hydrogen-bond donors (Lipinski definition) is 1. The first-order chi connectivity index (χ1) is 9.45. The summed E-state index contributed by atoms with van der Waals surface area (Å²) < 4.78 is 2.06. The molecule has 0 spiro atoms. The fourth-order valence-corrected chi connectivity index (χ4v) is 2.75. The first kappa shape index (κ1) is 13.0. The summed E-state index contributed by atoms with van der Waals surface area (Å²) in [6.07, 6.45) is 9.74. The number of fused-ring (bicyclic) bond motifs is 1. The molecule has 0 unspecified atom stereocenters. The monoisotopic (exact) mass is 268 g/mol. The van der Waals surface area contributed by atoms with Crippen LogP contribution in [0.25, 0.3) is 11.8 Å². The molecule has 0 aliphatic heterocycles. The average Bonchev–Trinajstić information content (AvgIpc) is 2.90. The van der Waals surface area contributed by atoms with Crippen LogP contribution in [0, 0.1) is 0 Å². The molecule has 1 N–H and O–H groups in total. The molecular formula is C17H20N2O. The Morgan fingerprint density at radius 2 is 2.00 bits per heavy atom. The zero-order chi connectivity index (χ0) is 14.3. The van der Waals surface area contributed by atoms with Crippen molar-refractivity contribution in [2.24, 2.45) is 0 Å². The Bertz CT molecular complexity index is 661. The van der Waals surface area contributed by atoms with Gasteiger partial charge in [0.15, 0.2) is 0 Å². The number of nitrogens with zero attached hydrogens (tertiary/aromatic N) is 2. The predicted octanol–water partition coefficient (Wildman–Crippen LogP) is 3.83. The molecule has 1 aromatic carbocycles. The molecule has 0 radical (unpaired) electrons. The normalized spacial score (nSPS) is 14.8. The van der Waals surface area contributed by atoms with Crippen LogP contribution in [0.2, 0.25) is 0 Å². The first-order valence-electron chi connectivity index (χ1n) is 7.00. The van der Waals surface area contributed by atoms with E-state index in [0.29, 0.717) is 5.75 Å². The van der Waals surface area contributed by atoms with Crippen molar-refractivity contribution in [1.29, 1.82) is 0 Å². The number of phenols is 1. The Labute approximate surface area is 119 Å². The molecule has 1 aliphatic rings. The van der Waals surface area contributed by atoms with Crippen molar-refractivity contribution in [3.05, 3.63) is 47.5 Å². The summed E-state index contributed by atoms with van der Waals surface area (Å²) in [6.45, 7) is 6.37. The minimum absolute atomic E-state index is 0.0560. The molecular weight excluding hydrogens is 248 g/mol. The third-order valence-electron chi connectivity index (χ3n) is 3.87. The standard InChI is InChI=1S/C17H20N2O/c1-17(2,3)15-9-13-8-14(19-7-6-18-11-19)5-4-12(13)10-16(15)20/h6-11,20H,4-5H2,1-3H3. The van der Waals surface area contributed by atoms with Gasteiger partial charge < -0.3 is 9.67 Å². The molecule has 2 aromatic rings. The molecule has 0 saturated heterocycles. The minimum atomic E-state index is -0.0560. The fraction of sp³-hybridized carbons (Fsp3) is 0.353. The van der Waals surface area contributed by atoms with Crippen LogP contribution in [-0.4, -0.2) is 14.7 Å². The summed E-state index contributed by atoms with van der Waals surface area (Å²) >= 11 is 0. The van der Waals surface area contributed by atoms with Gasteiger partial charge in [0.2, 0.25) is 0 Å². The van der Waals surface area contributed by atoms with Crippen LogP contribution in [0.15, 0.2) is 30.9 Å². The highest BCUT2D eigenvalue weighted by Crippen LogP contribution is 2.36. The van der Waals surface area contributed by atoms with E-state index in [0.717, 1.165) is 18.4 Å². The maximum atomic E-state index is 10.2.